The average Bonchev–Trinajstić information content (AvgIpc) is 1.76. The minimum absolute atomic E-state index is 0.00912. The van der Waals surface area contributed by atoms with Crippen LogP contribution in [0.3, 0.4) is 0 Å². The van der Waals surface area contributed by atoms with Crippen molar-refractivity contribution in [3.63, 3.8) is 0 Å². The maximum atomic E-state index is 12.9. The summed E-state index contributed by atoms with van der Waals surface area (Å²) in [5.41, 5.74) is 14.9. The number of nitrogens with zero attached hydrogens (tertiary/aromatic N) is 9. The molecule has 4 aromatic carbocycles. The summed E-state index contributed by atoms with van der Waals surface area (Å²) in [6, 6.07) is 30.4. The van der Waals surface area contributed by atoms with Crippen molar-refractivity contribution in [2.75, 3.05) is 73.6 Å². The number of fused-ring (bicyclic) bond motifs is 4. The van der Waals surface area contributed by atoms with E-state index in [0.717, 1.165) is 96.4 Å². The number of ether oxygens (including phenoxy) is 1. The van der Waals surface area contributed by atoms with Crippen LogP contribution in [-0.4, -0.2) is 216 Å². The molecule has 682 valence electrons. The van der Waals surface area contributed by atoms with Crippen molar-refractivity contribution in [1.29, 1.82) is 0 Å². The van der Waals surface area contributed by atoms with Crippen molar-refractivity contribution in [2.24, 2.45) is 5.73 Å². The third-order valence-electron chi connectivity index (χ3n) is 21.8. The maximum Gasteiger partial charge on any atom is 0.410 e. The van der Waals surface area contributed by atoms with Gasteiger partial charge in [0.15, 0.2) is 46.0 Å². The maximum absolute atomic E-state index is 12.9. The molecule has 4 aliphatic carbocycles. The van der Waals surface area contributed by atoms with Gasteiger partial charge in [0.25, 0.3) is 23.6 Å². The van der Waals surface area contributed by atoms with Gasteiger partial charge < -0.3 is 74.1 Å². The number of amides is 14. The Balaban J connectivity index is 0.000000169. The number of aliphatic carboxylic acids is 1. The summed E-state index contributed by atoms with van der Waals surface area (Å²) in [5, 5.41) is 48.1. The number of anilines is 4. The number of nitrogens with two attached hydrogens (primary N) is 1. The lowest BCUT2D eigenvalue weighted by Gasteiger charge is -2.28. The lowest BCUT2D eigenvalue weighted by molar-refractivity contribution is -0.137. The molecule has 14 amide bonds. The Morgan fingerprint density at radius 2 is 0.721 bits per heavy atom. The molecule has 2 aliphatic heterocycles. The molecule has 38 heteroatoms. The van der Waals surface area contributed by atoms with Crippen LogP contribution in [0.25, 0.3) is 0 Å². The van der Waals surface area contributed by atoms with Gasteiger partial charge >= 0.3 is 30.2 Å². The number of carboxylic acids is 1. The molecular formula is C91H114N24O14. The zero-order valence-electron chi connectivity index (χ0n) is 72.7. The molecule has 6 aliphatic rings. The van der Waals surface area contributed by atoms with Crippen LogP contribution in [0.1, 0.15) is 191 Å². The third kappa shape index (κ3) is 30.1. The van der Waals surface area contributed by atoms with E-state index < -0.39 is 59.5 Å². The van der Waals surface area contributed by atoms with Gasteiger partial charge in [-0.3, -0.25) is 59.2 Å². The summed E-state index contributed by atoms with van der Waals surface area (Å²) < 4.78 is 5.42. The van der Waals surface area contributed by atoms with Crippen LogP contribution < -0.4 is 80.2 Å². The monoisotopic (exact) mass is 1770 g/mol. The van der Waals surface area contributed by atoms with Gasteiger partial charge in [-0.25, -0.2) is 59.0 Å². The lowest BCUT2D eigenvalue weighted by atomic mass is 10.1. The first-order chi connectivity index (χ1) is 62.4. The van der Waals surface area contributed by atoms with Crippen LogP contribution in [0.2, 0.25) is 0 Å². The largest absolute Gasteiger partial charge is 0.481 e. The predicted octanol–water partition coefficient (Wildman–Crippen LogP) is 6.74. The first-order valence-corrected chi connectivity index (χ1v) is 43.8. The molecule has 129 heavy (non-hydrogen) atoms. The van der Waals surface area contributed by atoms with Gasteiger partial charge in [-0.2, -0.15) is 0 Å². The van der Waals surface area contributed by atoms with Crippen molar-refractivity contribution in [2.45, 2.75) is 197 Å². The minimum Gasteiger partial charge on any atom is -0.481 e. The zero-order chi connectivity index (χ0) is 91.4. The van der Waals surface area contributed by atoms with Crippen molar-refractivity contribution in [3.05, 3.63) is 214 Å². The number of aromatic nitrogens is 8. The Bertz CT molecular complexity index is 5120. The summed E-state index contributed by atoms with van der Waals surface area (Å²) in [4.78, 5) is 181. The van der Waals surface area contributed by atoms with E-state index in [0.29, 0.717) is 71.5 Å². The molecule has 2 fully saturated rings. The number of nitrogens with one attached hydrogen (secondary N) is 14. The van der Waals surface area contributed by atoms with Crippen molar-refractivity contribution in [3.8, 4) is 0 Å². The molecule has 2 saturated heterocycles. The highest BCUT2D eigenvalue weighted by Crippen LogP contribution is 2.28. The fourth-order valence-electron chi connectivity index (χ4n) is 15.6. The normalized spacial score (nSPS) is 15.2. The summed E-state index contributed by atoms with van der Waals surface area (Å²) in [5.74, 6) is -2.62. The zero-order valence-corrected chi connectivity index (χ0v) is 72.7. The first-order valence-electron chi connectivity index (χ1n) is 43.8. The van der Waals surface area contributed by atoms with E-state index in [2.05, 4.69) is 151 Å². The second kappa shape index (κ2) is 48.6. The molecular weight excluding hydrogens is 1650 g/mol. The number of rotatable bonds is 32. The van der Waals surface area contributed by atoms with Crippen molar-refractivity contribution >= 4 is 94.8 Å². The highest BCUT2D eigenvalue weighted by Gasteiger charge is 2.37. The number of carbonyl (C=O) groups excluding carboxylic acids is 11. The highest BCUT2D eigenvalue weighted by molar-refractivity contribution is 6.04. The standard InChI is InChI=1S/C29H39N7O5.C24H31N7O3.C19H24N6O2.C19H20N4O4/c1-29(2,3)41-28(40)36-16-8-11-22(36)25(37)32-12-6-7-13-33-27(39)35-24-23(30-14-15-31-24)26(38)34-21-17-19-9-4-5-10-20(19)18-21;32-22(19-8-5-11-25-19)28-9-3-4-10-29-24(34)31-21-20(26-12-13-27-21)23(33)30-18-14-16-6-1-2-7-17(16)15-18;20-7-3-4-8-23-19(27)25-17-16(21-9-10-22-17)18(26)24-15-11-13-5-1-2-6-14(13)12-15;24-15(6-3-7-16(25)26)23-18-17(20-8-9-21-18)19(27)22-14-10-12-4-1-2-5-13(12)11-14/h4-5,9-10,14-15,21-22H,6-8,11-13,16-18H2,1-3H3,(H,32,37)(H,34,38)(H2,31,33,35,39);1-2,6-7,12-13,18-19,25H,3-5,8-11,14-15H2,(H,28,32)(H,30,33)(H2,27,29,31,34);1-2,5-6,9-10,15H,3-4,7-8,11-12,20H2,(H,24,26)(H2,22,23,25,27);1-2,4-5,8-9,14H,3,6-7,10-11H2,(H,22,27)(H,25,26)(H,21,23,24)/t22-;19-;;/m00../s1. The summed E-state index contributed by atoms with van der Waals surface area (Å²) >= 11 is 0. The second-order valence-electron chi connectivity index (χ2n) is 32.8. The number of carboxylic acid groups (broad SMARTS) is 1. The van der Waals surface area contributed by atoms with Crippen LogP contribution in [0.5, 0.6) is 0 Å². The molecule has 0 saturated carbocycles. The quantitative estimate of drug-likeness (QED) is 0.0194. The molecule has 8 aromatic rings. The van der Waals surface area contributed by atoms with Gasteiger partial charge in [-0.15, -0.1) is 0 Å². The molecule has 0 unspecified atom stereocenters. The van der Waals surface area contributed by atoms with E-state index in [1.807, 2.05) is 60.7 Å². The van der Waals surface area contributed by atoms with Crippen LogP contribution in [0.4, 0.5) is 42.4 Å². The lowest BCUT2D eigenvalue weighted by Crippen LogP contribution is -2.47. The summed E-state index contributed by atoms with van der Waals surface area (Å²) in [7, 11) is 0. The molecule has 38 nitrogen and oxygen atoms in total. The number of benzene rings is 4. The van der Waals surface area contributed by atoms with Gasteiger partial charge in [0.2, 0.25) is 17.7 Å². The molecule has 0 bridgehead atoms. The number of urea groups is 3. The van der Waals surface area contributed by atoms with E-state index in [1.54, 1.807) is 20.8 Å². The van der Waals surface area contributed by atoms with Crippen LogP contribution in [0.15, 0.2) is 147 Å². The molecule has 2 atom stereocenters. The third-order valence-corrected chi connectivity index (χ3v) is 21.8. The Morgan fingerprint density at radius 3 is 1.04 bits per heavy atom. The Morgan fingerprint density at radius 1 is 0.403 bits per heavy atom. The average molecular weight is 1770 g/mol. The van der Waals surface area contributed by atoms with E-state index >= 15 is 0 Å². The van der Waals surface area contributed by atoms with Crippen molar-refractivity contribution < 1.29 is 67.4 Å². The van der Waals surface area contributed by atoms with Crippen molar-refractivity contribution in [1.82, 2.24) is 97.9 Å². The highest BCUT2D eigenvalue weighted by atomic mass is 16.6. The molecule has 4 aromatic heterocycles. The number of unbranched alkanes of at least 4 members (excludes halogenated alkanes) is 3. The van der Waals surface area contributed by atoms with Crippen LogP contribution >= 0.6 is 0 Å². The smallest absolute Gasteiger partial charge is 0.410 e. The van der Waals surface area contributed by atoms with Gasteiger partial charge in [0.05, 0.1) is 6.04 Å². The van der Waals surface area contributed by atoms with Gasteiger partial charge in [-0.1, -0.05) is 97.1 Å². The Hall–Kier alpha value is -14.0. The van der Waals surface area contributed by atoms with E-state index in [1.165, 1.54) is 99.0 Å². The SMILES string of the molecule is CC(C)(C)OC(=O)N1CCC[C@H]1C(=O)NCCCCNC(=O)Nc1nccnc1C(=O)NC1Cc2ccccc2C1.NCCCCNC(=O)Nc1nccnc1C(=O)NC1Cc2ccccc2C1.O=C(NCCCCNC(=O)[C@@H]1CCCN1)Nc1nccnc1C(=O)NC1Cc2ccccc2C1.O=C(O)CCCC(=O)Nc1nccnc1C(=O)NC1Cc2ccccc2C1. The number of hydrogen-bond donors (Lipinski definition) is 16. The first kappa shape index (κ1) is 95.6. The topological polar surface area (TPSA) is 535 Å². The second-order valence-corrected chi connectivity index (χ2v) is 32.8. The minimum atomic E-state index is -0.958. The molecule has 17 N–H and O–H groups in total. The fraction of sp³-hybridized carbons (Fsp3) is 0.429. The van der Waals surface area contributed by atoms with Gasteiger partial charge in [-0.05, 0) is 200 Å². The van der Waals surface area contributed by atoms with Gasteiger partial charge in [0.1, 0.15) is 11.6 Å². The predicted molar refractivity (Wildman–Crippen MR) is 479 cm³/mol. The molecule has 14 rings (SSSR count). The van der Waals surface area contributed by atoms with E-state index in [-0.39, 0.29) is 119 Å². The Kier molecular flexibility index (Phi) is 36.0. The number of likely N-dealkylation sites (tertiary alicyclic amines) is 1. The van der Waals surface area contributed by atoms with E-state index in [9.17, 15) is 57.5 Å². The fourth-order valence-corrected chi connectivity index (χ4v) is 15.6. The Labute approximate surface area is 747 Å². The number of hydrogen-bond acceptors (Lipinski definition) is 23. The molecule has 6 heterocycles. The summed E-state index contributed by atoms with van der Waals surface area (Å²) in [6.45, 7) is 9.64. The van der Waals surface area contributed by atoms with Crippen LogP contribution in [0, 0.1) is 0 Å². The number of carbonyl (C=O) groups is 12. The summed E-state index contributed by atoms with van der Waals surface area (Å²) in [6.07, 6.45) is 24.7. The molecule has 0 radical (unpaired) electrons. The van der Waals surface area contributed by atoms with Gasteiger partial charge in [0, 0.05) is 126 Å². The van der Waals surface area contributed by atoms with E-state index in [4.69, 9.17) is 15.6 Å². The molecule has 0 spiro atoms. The van der Waals surface area contributed by atoms with Crippen LogP contribution in [-0.2, 0) is 75.3 Å².